The lowest BCUT2D eigenvalue weighted by Gasteiger charge is -2.51. The maximum absolute atomic E-state index is 13.3. The maximum atomic E-state index is 13.3. The van der Waals surface area contributed by atoms with Gasteiger partial charge in [0, 0.05) is 16.6 Å². The molecule has 0 radical (unpaired) electrons. The second-order valence-electron chi connectivity index (χ2n) is 8.52. The second-order valence-corrected chi connectivity index (χ2v) is 9.48. The molecule has 0 spiro atoms. The zero-order valence-corrected chi connectivity index (χ0v) is 19.3. The maximum Gasteiger partial charge on any atom is 0.237 e. The molecule has 3 aromatic rings. The van der Waals surface area contributed by atoms with Gasteiger partial charge in [-0.1, -0.05) is 66.7 Å². The summed E-state index contributed by atoms with van der Waals surface area (Å²) in [5.74, 6) is 0.394. The summed E-state index contributed by atoms with van der Waals surface area (Å²) in [5.41, 5.74) is 4.20. The molecule has 5 nitrogen and oxygen atoms in total. The molecule has 1 unspecified atom stereocenters. The average Bonchev–Trinajstić information content (AvgIpc) is 3.21. The fourth-order valence-electron chi connectivity index (χ4n) is 4.65. The molecule has 30 heavy (non-hydrogen) atoms. The summed E-state index contributed by atoms with van der Waals surface area (Å²) in [6.07, 6.45) is 2.31. The molecule has 1 aliphatic rings. The molecule has 1 amide bonds. The van der Waals surface area contributed by atoms with Crippen LogP contribution in [0.3, 0.4) is 0 Å². The summed E-state index contributed by atoms with van der Waals surface area (Å²) in [7, 11) is 0. The summed E-state index contributed by atoms with van der Waals surface area (Å²) >= 11 is 1.38. The fraction of sp³-hybridized carbons (Fsp3) is 0.348. The number of H-pyrrole nitrogens is 1. The Morgan fingerprint density at radius 1 is 1.17 bits per heavy atom. The van der Waals surface area contributed by atoms with Gasteiger partial charge in [0.1, 0.15) is 6.33 Å². The number of thioether (sulfide) groups is 1. The Kier molecular flexibility index (Phi) is 6.29. The number of benzene rings is 2. The van der Waals surface area contributed by atoms with Crippen molar-refractivity contribution in [1.29, 1.82) is 0 Å². The van der Waals surface area contributed by atoms with Gasteiger partial charge in [0.2, 0.25) is 5.91 Å². The number of nitrogens with zero attached hydrogens (tertiary/aromatic N) is 3. The summed E-state index contributed by atoms with van der Waals surface area (Å²) in [6, 6.07) is 17.1. The number of anilines is 1. The molecule has 7 heteroatoms. The highest BCUT2D eigenvalue weighted by Crippen LogP contribution is 2.50. The van der Waals surface area contributed by atoms with Gasteiger partial charge >= 0.3 is 0 Å². The Morgan fingerprint density at radius 2 is 1.90 bits per heavy atom. The zero-order chi connectivity index (χ0) is 20.6. The first-order valence-electron chi connectivity index (χ1n) is 9.79. The third-order valence-corrected chi connectivity index (χ3v) is 6.63. The van der Waals surface area contributed by atoms with Gasteiger partial charge in [-0.15, -0.1) is 12.4 Å². The van der Waals surface area contributed by atoms with Crippen LogP contribution in [-0.2, 0) is 10.2 Å². The largest absolute Gasteiger partial charge is 0.306 e. The van der Waals surface area contributed by atoms with Crippen molar-refractivity contribution in [1.82, 2.24) is 15.2 Å². The Balaban J connectivity index is 0.00000256. The number of aryl methyl sites for hydroxylation is 1. The first kappa shape index (κ1) is 22.4. The van der Waals surface area contributed by atoms with Crippen LogP contribution in [0, 0.1) is 6.92 Å². The lowest BCUT2D eigenvalue weighted by Crippen LogP contribution is -2.56. The highest BCUT2D eigenvalue weighted by atomic mass is 35.5. The van der Waals surface area contributed by atoms with Gasteiger partial charge in [0.25, 0.3) is 0 Å². The van der Waals surface area contributed by atoms with Gasteiger partial charge in [0.15, 0.2) is 5.16 Å². The standard InChI is InChI=1S/C23H26N4OS.ClH/c1-16-10-11-19-18(12-16)23(4,17-8-6-5-7-9-17)14-22(2,3)27(19)20(28)13-29-21-24-15-25-26-21;/h5-12,15H,13-14H2,1-4H3,(H,24,25,26);1H. The SMILES string of the molecule is Cc1ccc2c(c1)C(C)(c1ccccc1)CC(C)(C)N2C(=O)CSc1ncn[nH]1.Cl. The quantitative estimate of drug-likeness (QED) is 0.567. The second kappa shape index (κ2) is 8.44. The number of rotatable bonds is 4. The van der Waals surface area contributed by atoms with Crippen LogP contribution in [0.25, 0.3) is 0 Å². The normalized spacial score (nSPS) is 19.7. The van der Waals surface area contributed by atoms with Crippen molar-refractivity contribution >= 4 is 35.8 Å². The first-order valence-corrected chi connectivity index (χ1v) is 10.8. The lowest BCUT2D eigenvalue weighted by atomic mass is 9.65. The minimum absolute atomic E-state index is 0. The Morgan fingerprint density at radius 3 is 2.57 bits per heavy atom. The number of amides is 1. The smallest absolute Gasteiger partial charge is 0.237 e. The molecule has 1 atom stereocenters. The van der Waals surface area contributed by atoms with Crippen molar-refractivity contribution in [3.63, 3.8) is 0 Å². The Labute approximate surface area is 188 Å². The number of carbonyl (C=O) groups excluding carboxylic acids is 1. The van der Waals surface area contributed by atoms with Crippen LogP contribution >= 0.6 is 24.2 Å². The van der Waals surface area contributed by atoms with Crippen molar-refractivity contribution in [3.8, 4) is 0 Å². The molecule has 1 aromatic heterocycles. The number of hydrogen-bond acceptors (Lipinski definition) is 4. The lowest BCUT2D eigenvalue weighted by molar-refractivity contribution is -0.117. The van der Waals surface area contributed by atoms with Gasteiger partial charge in [-0.25, -0.2) is 4.98 Å². The predicted molar refractivity (Wildman–Crippen MR) is 125 cm³/mol. The van der Waals surface area contributed by atoms with Crippen molar-refractivity contribution in [2.24, 2.45) is 0 Å². The summed E-state index contributed by atoms with van der Waals surface area (Å²) in [5, 5.41) is 7.32. The Bertz CT molecular complexity index is 1020. The molecule has 0 fully saturated rings. The van der Waals surface area contributed by atoms with E-state index < -0.39 is 0 Å². The first-order chi connectivity index (χ1) is 13.8. The number of nitrogens with one attached hydrogen (secondary N) is 1. The van der Waals surface area contributed by atoms with Gasteiger partial charge in [-0.05, 0) is 44.4 Å². The molecule has 0 saturated carbocycles. The van der Waals surface area contributed by atoms with Crippen molar-refractivity contribution in [3.05, 3.63) is 71.5 Å². The van der Waals surface area contributed by atoms with Crippen LogP contribution < -0.4 is 4.90 Å². The molecule has 0 aliphatic carbocycles. The van der Waals surface area contributed by atoms with Gasteiger partial charge < -0.3 is 4.90 Å². The molecular weight excluding hydrogens is 416 g/mol. The number of aromatic amines is 1. The van der Waals surface area contributed by atoms with E-state index >= 15 is 0 Å². The van der Waals surface area contributed by atoms with Gasteiger partial charge in [0.05, 0.1) is 5.75 Å². The third kappa shape index (κ3) is 3.98. The van der Waals surface area contributed by atoms with E-state index in [1.54, 1.807) is 0 Å². The molecular formula is C23H27ClN4OS. The van der Waals surface area contributed by atoms with E-state index in [1.807, 2.05) is 4.90 Å². The highest BCUT2D eigenvalue weighted by molar-refractivity contribution is 7.99. The van der Waals surface area contributed by atoms with E-state index in [0.717, 1.165) is 12.1 Å². The molecule has 0 bridgehead atoms. The summed E-state index contributed by atoms with van der Waals surface area (Å²) in [4.78, 5) is 19.4. The highest BCUT2D eigenvalue weighted by Gasteiger charge is 2.47. The minimum atomic E-state index is -0.327. The van der Waals surface area contributed by atoms with Crippen LogP contribution in [-0.4, -0.2) is 32.4 Å². The molecule has 4 rings (SSSR count). The van der Waals surface area contributed by atoms with Crippen LogP contribution in [0.1, 0.15) is 43.9 Å². The molecule has 2 heterocycles. The minimum Gasteiger partial charge on any atom is -0.306 e. The zero-order valence-electron chi connectivity index (χ0n) is 17.7. The van der Waals surface area contributed by atoms with E-state index in [0.29, 0.717) is 10.9 Å². The van der Waals surface area contributed by atoms with Crippen LogP contribution in [0.2, 0.25) is 0 Å². The van der Waals surface area contributed by atoms with E-state index in [2.05, 4.69) is 91.4 Å². The van der Waals surface area contributed by atoms with E-state index in [1.165, 1.54) is 34.8 Å². The summed E-state index contributed by atoms with van der Waals surface area (Å²) < 4.78 is 0. The number of halogens is 1. The van der Waals surface area contributed by atoms with Gasteiger partial charge in [-0.3, -0.25) is 9.89 Å². The van der Waals surface area contributed by atoms with Gasteiger partial charge in [-0.2, -0.15) is 5.10 Å². The van der Waals surface area contributed by atoms with E-state index in [-0.39, 0.29) is 29.3 Å². The molecule has 158 valence electrons. The number of aromatic nitrogens is 3. The summed E-state index contributed by atoms with van der Waals surface area (Å²) in [6.45, 7) is 8.73. The fourth-order valence-corrected chi connectivity index (χ4v) is 5.27. The van der Waals surface area contributed by atoms with E-state index in [4.69, 9.17) is 0 Å². The van der Waals surface area contributed by atoms with Crippen molar-refractivity contribution < 1.29 is 4.79 Å². The van der Waals surface area contributed by atoms with Crippen LogP contribution in [0.15, 0.2) is 60.0 Å². The molecule has 0 saturated heterocycles. The number of hydrogen-bond donors (Lipinski definition) is 1. The Hall–Kier alpha value is -2.31. The third-order valence-electron chi connectivity index (χ3n) is 5.76. The predicted octanol–water partition coefficient (Wildman–Crippen LogP) is 5.15. The average molecular weight is 443 g/mol. The van der Waals surface area contributed by atoms with Crippen molar-refractivity contribution in [2.75, 3.05) is 10.7 Å². The topological polar surface area (TPSA) is 61.9 Å². The molecule has 1 N–H and O–H groups in total. The van der Waals surface area contributed by atoms with Crippen LogP contribution in [0.4, 0.5) is 5.69 Å². The van der Waals surface area contributed by atoms with Crippen LogP contribution in [0.5, 0.6) is 0 Å². The molecule has 2 aromatic carbocycles. The van der Waals surface area contributed by atoms with Crippen molar-refractivity contribution in [2.45, 2.75) is 50.2 Å². The number of carbonyl (C=O) groups is 1. The molecule has 1 aliphatic heterocycles. The number of fused-ring (bicyclic) bond motifs is 1. The monoisotopic (exact) mass is 442 g/mol. The van der Waals surface area contributed by atoms with E-state index in [9.17, 15) is 4.79 Å².